The van der Waals surface area contributed by atoms with Crippen LogP contribution in [0.2, 0.25) is 0 Å². The van der Waals surface area contributed by atoms with Gasteiger partial charge < -0.3 is 4.79 Å². The SMILES string of the molecule is CCc1ccc(C)cc1C(C)CC=O. The van der Waals surface area contributed by atoms with Crippen molar-refractivity contribution in [3.63, 3.8) is 0 Å². The van der Waals surface area contributed by atoms with Gasteiger partial charge in [-0.25, -0.2) is 0 Å². The van der Waals surface area contributed by atoms with Crippen molar-refractivity contribution in [2.45, 2.75) is 39.5 Å². The lowest BCUT2D eigenvalue weighted by Crippen LogP contribution is -2.00. The first-order valence-electron chi connectivity index (χ1n) is 5.22. The summed E-state index contributed by atoms with van der Waals surface area (Å²) in [7, 11) is 0. The highest BCUT2D eigenvalue weighted by molar-refractivity contribution is 5.52. The third-order valence-corrected chi connectivity index (χ3v) is 2.66. The van der Waals surface area contributed by atoms with E-state index in [0.717, 1.165) is 12.7 Å². The molecule has 14 heavy (non-hydrogen) atoms. The molecule has 1 heteroatoms. The molecular formula is C13H18O. The van der Waals surface area contributed by atoms with Crippen LogP contribution in [-0.2, 0) is 11.2 Å². The predicted molar refractivity (Wildman–Crippen MR) is 59.7 cm³/mol. The molecule has 0 saturated heterocycles. The summed E-state index contributed by atoms with van der Waals surface area (Å²) in [5.41, 5.74) is 3.97. The second-order valence-electron chi connectivity index (χ2n) is 3.86. The van der Waals surface area contributed by atoms with E-state index < -0.39 is 0 Å². The van der Waals surface area contributed by atoms with E-state index in [9.17, 15) is 4.79 Å². The van der Waals surface area contributed by atoms with E-state index in [-0.39, 0.29) is 0 Å². The third-order valence-electron chi connectivity index (χ3n) is 2.66. The van der Waals surface area contributed by atoms with Gasteiger partial charge in [0, 0.05) is 6.42 Å². The first kappa shape index (κ1) is 11.0. The maximum absolute atomic E-state index is 10.5. The van der Waals surface area contributed by atoms with Gasteiger partial charge in [-0.15, -0.1) is 0 Å². The lowest BCUT2D eigenvalue weighted by atomic mass is 9.91. The van der Waals surface area contributed by atoms with Gasteiger partial charge in [-0.3, -0.25) is 0 Å². The van der Waals surface area contributed by atoms with Gasteiger partial charge in [0.25, 0.3) is 0 Å². The fourth-order valence-electron chi connectivity index (χ4n) is 1.77. The molecular weight excluding hydrogens is 172 g/mol. The fourth-order valence-corrected chi connectivity index (χ4v) is 1.77. The minimum absolute atomic E-state index is 0.349. The summed E-state index contributed by atoms with van der Waals surface area (Å²) in [5, 5.41) is 0. The van der Waals surface area contributed by atoms with Crippen LogP contribution in [0.15, 0.2) is 18.2 Å². The minimum Gasteiger partial charge on any atom is -0.303 e. The molecule has 0 fully saturated rings. The molecule has 1 aromatic rings. The molecule has 0 N–H and O–H groups in total. The average Bonchev–Trinajstić information content (AvgIpc) is 2.18. The molecule has 0 heterocycles. The van der Waals surface area contributed by atoms with Crippen molar-refractivity contribution >= 4 is 6.29 Å². The van der Waals surface area contributed by atoms with Crippen LogP contribution in [0.5, 0.6) is 0 Å². The topological polar surface area (TPSA) is 17.1 Å². The summed E-state index contributed by atoms with van der Waals surface area (Å²) < 4.78 is 0. The fraction of sp³-hybridized carbons (Fsp3) is 0.462. The molecule has 1 nitrogen and oxygen atoms in total. The molecule has 0 spiro atoms. The third kappa shape index (κ3) is 2.44. The zero-order valence-corrected chi connectivity index (χ0v) is 9.21. The molecule has 1 atom stereocenters. The highest BCUT2D eigenvalue weighted by Crippen LogP contribution is 2.23. The van der Waals surface area contributed by atoms with Gasteiger partial charge in [-0.05, 0) is 30.4 Å². The van der Waals surface area contributed by atoms with Crippen molar-refractivity contribution in [3.05, 3.63) is 34.9 Å². The van der Waals surface area contributed by atoms with Crippen LogP contribution in [0, 0.1) is 6.92 Å². The quantitative estimate of drug-likeness (QED) is 0.666. The molecule has 1 rings (SSSR count). The van der Waals surface area contributed by atoms with Gasteiger partial charge in [-0.1, -0.05) is 37.6 Å². The number of aldehydes is 1. The number of rotatable bonds is 4. The summed E-state index contributed by atoms with van der Waals surface area (Å²) in [4.78, 5) is 10.5. The summed E-state index contributed by atoms with van der Waals surface area (Å²) in [5.74, 6) is 0.349. The van der Waals surface area contributed by atoms with E-state index in [4.69, 9.17) is 0 Å². The monoisotopic (exact) mass is 190 g/mol. The van der Waals surface area contributed by atoms with E-state index in [1.54, 1.807) is 0 Å². The van der Waals surface area contributed by atoms with Crippen LogP contribution in [-0.4, -0.2) is 6.29 Å². The maximum atomic E-state index is 10.5. The molecule has 0 radical (unpaired) electrons. The molecule has 1 unspecified atom stereocenters. The molecule has 0 amide bonds. The zero-order chi connectivity index (χ0) is 10.6. The Kier molecular flexibility index (Phi) is 3.87. The van der Waals surface area contributed by atoms with E-state index in [1.165, 1.54) is 16.7 Å². The van der Waals surface area contributed by atoms with Crippen LogP contribution in [0.4, 0.5) is 0 Å². The van der Waals surface area contributed by atoms with Crippen molar-refractivity contribution in [1.29, 1.82) is 0 Å². The predicted octanol–water partition coefficient (Wildman–Crippen LogP) is 3.25. The molecule has 0 aliphatic heterocycles. The maximum Gasteiger partial charge on any atom is 0.120 e. The second-order valence-corrected chi connectivity index (χ2v) is 3.86. The highest BCUT2D eigenvalue weighted by atomic mass is 16.1. The zero-order valence-electron chi connectivity index (χ0n) is 9.21. The van der Waals surface area contributed by atoms with Gasteiger partial charge in [0.05, 0.1) is 0 Å². The van der Waals surface area contributed by atoms with Crippen molar-refractivity contribution < 1.29 is 4.79 Å². The summed E-state index contributed by atoms with van der Waals surface area (Å²) in [6.45, 7) is 6.36. The largest absolute Gasteiger partial charge is 0.303 e. The molecule has 1 aromatic carbocycles. The standard InChI is InChI=1S/C13H18O/c1-4-12-6-5-10(2)9-13(12)11(3)7-8-14/h5-6,8-9,11H,4,7H2,1-3H3. The molecule has 0 saturated carbocycles. The number of hydrogen-bond acceptors (Lipinski definition) is 1. The molecule has 0 aliphatic carbocycles. The Labute approximate surface area is 86.1 Å². The lowest BCUT2D eigenvalue weighted by molar-refractivity contribution is -0.108. The van der Waals surface area contributed by atoms with Gasteiger partial charge in [0.2, 0.25) is 0 Å². The van der Waals surface area contributed by atoms with Gasteiger partial charge >= 0.3 is 0 Å². The van der Waals surface area contributed by atoms with Crippen LogP contribution in [0.1, 0.15) is 42.9 Å². The normalized spacial score (nSPS) is 12.5. The van der Waals surface area contributed by atoms with Gasteiger partial charge in [0.15, 0.2) is 0 Å². The Bertz CT molecular complexity index is 315. The average molecular weight is 190 g/mol. The second kappa shape index (κ2) is 4.94. The first-order valence-corrected chi connectivity index (χ1v) is 5.22. The Hall–Kier alpha value is -1.11. The van der Waals surface area contributed by atoms with E-state index in [0.29, 0.717) is 12.3 Å². The molecule has 0 bridgehead atoms. The Morgan fingerprint density at radius 1 is 1.43 bits per heavy atom. The van der Waals surface area contributed by atoms with Crippen LogP contribution >= 0.6 is 0 Å². The molecule has 0 aromatic heterocycles. The number of benzene rings is 1. The smallest absolute Gasteiger partial charge is 0.120 e. The van der Waals surface area contributed by atoms with Crippen molar-refractivity contribution in [2.24, 2.45) is 0 Å². The van der Waals surface area contributed by atoms with Crippen LogP contribution < -0.4 is 0 Å². The van der Waals surface area contributed by atoms with Crippen LogP contribution in [0.3, 0.4) is 0 Å². The highest BCUT2D eigenvalue weighted by Gasteiger charge is 2.09. The van der Waals surface area contributed by atoms with Crippen molar-refractivity contribution in [3.8, 4) is 0 Å². The van der Waals surface area contributed by atoms with Crippen molar-refractivity contribution in [1.82, 2.24) is 0 Å². The lowest BCUT2D eigenvalue weighted by Gasteiger charge is -2.14. The van der Waals surface area contributed by atoms with E-state index >= 15 is 0 Å². The molecule has 0 aliphatic rings. The van der Waals surface area contributed by atoms with Crippen molar-refractivity contribution in [2.75, 3.05) is 0 Å². The number of hydrogen-bond donors (Lipinski definition) is 0. The van der Waals surface area contributed by atoms with Gasteiger partial charge in [0.1, 0.15) is 6.29 Å². The first-order chi connectivity index (χ1) is 6.69. The van der Waals surface area contributed by atoms with E-state index in [2.05, 4.69) is 39.0 Å². The number of carbonyl (C=O) groups excluding carboxylic acids is 1. The summed E-state index contributed by atoms with van der Waals surface area (Å²) in [6.07, 6.45) is 2.67. The Morgan fingerprint density at radius 2 is 2.14 bits per heavy atom. The number of carbonyl (C=O) groups is 1. The Balaban J connectivity index is 3.02. The van der Waals surface area contributed by atoms with Gasteiger partial charge in [-0.2, -0.15) is 0 Å². The summed E-state index contributed by atoms with van der Waals surface area (Å²) >= 11 is 0. The summed E-state index contributed by atoms with van der Waals surface area (Å²) in [6, 6.07) is 6.51. The molecule has 76 valence electrons. The minimum atomic E-state index is 0.349. The number of aryl methyl sites for hydroxylation is 2. The van der Waals surface area contributed by atoms with Crippen LogP contribution in [0.25, 0.3) is 0 Å². The Morgan fingerprint density at radius 3 is 2.71 bits per heavy atom. The van der Waals surface area contributed by atoms with E-state index in [1.807, 2.05) is 0 Å².